The summed E-state index contributed by atoms with van der Waals surface area (Å²) in [6.07, 6.45) is 5.40. The molecular weight excluding hydrogens is 170 g/mol. The van der Waals surface area contributed by atoms with Gasteiger partial charge in [0.15, 0.2) is 0 Å². The van der Waals surface area contributed by atoms with Gasteiger partial charge in [-0.25, -0.2) is 0 Å². The molecular formula is C9H19NOS. The molecule has 0 saturated heterocycles. The topological polar surface area (TPSA) is 35.2 Å². The highest BCUT2D eigenvalue weighted by molar-refractivity contribution is 7.92. The van der Waals surface area contributed by atoms with Crippen LogP contribution in [0.2, 0.25) is 0 Å². The normalized spacial score (nSPS) is 31.0. The fraction of sp³-hybridized carbons (Fsp3) is 1.00. The molecule has 1 rings (SSSR count). The van der Waals surface area contributed by atoms with Crippen LogP contribution in [0.4, 0.5) is 0 Å². The van der Waals surface area contributed by atoms with Crippen molar-refractivity contribution >= 4 is 12.2 Å². The molecule has 0 spiro atoms. The van der Waals surface area contributed by atoms with Gasteiger partial charge in [-0.15, -0.1) is 0 Å². The molecule has 1 aliphatic carbocycles. The molecule has 2 nitrogen and oxygen atoms in total. The molecule has 0 amide bonds. The lowest BCUT2D eigenvalue weighted by Gasteiger charge is -2.29. The van der Waals surface area contributed by atoms with E-state index in [0.717, 1.165) is 24.1 Å². The number of hydrogen-bond donors (Lipinski definition) is 1. The van der Waals surface area contributed by atoms with Crippen molar-refractivity contribution in [1.82, 2.24) is 0 Å². The first-order valence-corrected chi connectivity index (χ1v) is 5.56. The summed E-state index contributed by atoms with van der Waals surface area (Å²) in [5.41, 5.74) is 0. The Kier molecular flexibility index (Phi) is 4.40. The molecule has 12 heavy (non-hydrogen) atoms. The lowest BCUT2D eigenvalue weighted by atomic mass is 9.81. The summed E-state index contributed by atoms with van der Waals surface area (Å²) >= 11 is 1.02. The van der Waals surface area contributed by atoms with Gasteiger partial charge in [0.05, 0.1) is 18.3 Å². The zero-order chi connectivity index (χ0) is 8.97. The Hall–Kier alpha value is 0.270. The summed E-state index contributed by atoms with van der Waals surface area (Å²) in [7, 11) is 0. The van der Waals surface area contributed by atoms with E-state index in [-0.39, 0.29) is 0 Å². The summed E-state index contributed by atoms with van der Waals surface area (Å²) in [5, 5.41) is 5.25. The first-order chi connectivity index (χ1) is 5.74. The van der Waals surface area contributed by atoms with Crippen LogP contribution in [0, 0.1) is 11.8 Å². The zero-order valence-corrected chi connectivity index (χ0v) is 8.77. The lowest BCUT2D eigenvalue weighted by molar-refractivity contribution is 0.137. The molecule has 0 atom stereocenters. The maximum Gasteiger partial charge on any atom is 0.0761 e. The molecule has 72 valence electrons. The summed E-state index contributed by atoms with van der Waals surface area (Å²) in [5.74, 6) is 1.74. The fourth-order valence-corrected chi connectivity index (χ4v) is 2.28. The average molecular weight is 189 g/mol. The van der Waals surface area contributed by atoms with Crippen molar-refractivity contribution in [2.45, 2.75) is 45.6 Å². The van der Waals surface area contributed by atoms with E-state index in [1.54, 1.807) is 0 Å². The van der Waals surface area contributed by atoms with E-state index in [9.17, 15) is 0 Å². The van der Waals surface area contributed by atoms with Gasteiger partial charge in [-0.2, -0.15) is 0 Å². The predicted octanol–water partition coefficient (Wildman–Crippen LogP) is 2.74. The SMILES string of the molecule is CC(C)C1CCC(OSN)CC1. The molecule has 0 aromatic rings. The molecule has 1 aliphatic rings. The van der Waals surface area contributed by atoms with Crippen molar-refractivity contribution in [3.63, 3.8) is 0 Å². The first-order valence-electron chi connectivity index (χ1n) is 4.76. The van der Waals surface area contributed by atoms with Crippen LogP contribution in [0.3, 0.4) is 0 Å². The molecule has 0 heterocycles. The lowest BCUT2D eigenvalue weighted by Crippen LogP contribution is -2.22. The highest BCUT2D eigenvalue weighted by atomic mass is 32.2. The van der Waals surface area contributed by atoms with Crippen LogP contribution >= 0.6 is 12.2 Å². The molecule has 1 saturated carbocycles. The quantitative estimate of drug-likeness (QED) is 0.547. The fourth-order valence-electron chi connectivity index (χ4n) is 1.93. The molecule has 0 aromatic carbocycles. The second kappa shape index (κ2) is 5.10. The third-order valence-corrected chi connectivity index (χ3v) is 3.24. The first kappa shape index (κ1) is 10.4. The Balaban J connectivity index is 2.20. The van der Waals surface area contributed by atoms with Gasteiger partial charge in [0.25, 0.3) is 0 Å². The molecule has 0 bridgehead atoms. The van der Waals surface area contributed by atoms with Gasteiger partial charge >= 0.3 is 0 Å². The van der Waals surface area contributed by atoms with Crippen molar-refractivity contribution in [1.29, 1.82) is 0 Å². The maximum atomic E-state index is 5.31. The highest BCUT2D eigenvalue weighted by Gasteiger charge is 2.23. The van der Waals surface area contributed by atoms with Gasteiger partial charge in [-0.05, 0) is 37.5 Å². The number of hydrogen-bond acceptors (Lipinski definition) is 3. The average Bonchev–Trinajstić information content (AvgIpc) is 2.06. The minimum Gasteiger partial charge on any atom is -0.298 e. The largest absolute Gasteiger partial charge is 0.298 e. The molecule has 1 fully saturated rings. The monoisotopic (exact) mass is 189 g/mol. The Labute approximate surface area is 79.6 Å². The summed E-state index contributed by atoms with van der Waals surface area (Å²) in [6.45, 7) is 4.62. The third kappa shape index (κ3) is 2.96. The second-order valence-corrected chi connectivity index (χ2v) is 4.36. The van der Waals surface area contributed by atoms with Gasteiger partial charge in [-0.1, -0.05) is 13.8 Å². The smallest absolute Gasteiger partial charge is 0.0761 e. The molecule has 0 aliphatic heterocycles. The van der Waals surface area contributed by atoms with Gasteiger partial charge in [-0.3, -0.25) is 9.32 Å². The second-order valence-electron chi connectivity index (χ2n) is 3.97. The summed E-state index contributed by atoms with van der Waals surface area (Å²) in [4.78, 5) is 0. The molecule has 0 radical (unpaired) electrons. The van der Waals surface area contributed by atoms with E-state index in [1.165, 1.54) is 25.7 Å². The molecule has 0 unspecified atom stereocenters. The van der Waals surface area contributed by atoms with Gasteiger partial charge in [0, 0.05) is 0 Å². The van der Waals surface area contributed by atoms with E-state index in [2.05, 4.69) is 13.8 Å². The van der Waals surface area contributed by atoms with Crippen LogP contribution in [-0.2, 0) is 4.18 Å². The van der Waals surface area contributed by atoms with Crippen molar-refractivity contribution in [2.24, 2.45) is 17.0 Å². The third-order valence-electron chi connectivity index (χ3n) is 2.85. The van der Waals surface area contributed by atoms with Crippen molar-refractivity contribution in [3.8, 4) is 0 Å². The van der Waals surface area contributed by atoms with Crippen LogP contribution in [0.15, 0.2) is 0 Å². The van der Waals surface area contributed by atoms with Crippen molar-refractivity contribution in [2.75, 3.05) is 0 Å². The molecule has 0 aromatic heterocycles. The van der Waals surface area contributed by atoms with Crippen LogP contribution in [0.5, 0.6) is 0 Å². The van der Waals surface area contributed by atoms with Crippen LogP contribution < -0.4 is 5.14 Å². The number of rotatable bonds is 3. The van der Waals surface area contributed by atoms with Gasteiger partial charge in [0.1, 0.15) is 0 Å². The van der Waals surface area contributed by atoms with E-state index < -0.39 is 0 Å². The standard InChI is InChI=1S/C9H19NOS/c1-7(2)8-3-5-9(6-4-8)11-12-10/h7-9H,3-6,10H2,1-2H3. The highest BCUT2D eigenvalue weighted by Crippen LogP contribution is 2.31. The predicted molar refractivity (Wildman–Crippen MR) is 53.4 cm³/mol. The van der Waals surface area contributed by atoms with E-state index in [1.807, 2.05) is 0 Å². The Morgan fingerprint density at radius 3 is 2.25 bits per heavy atom. The minimum atomic E-state index is 0.412. The van der Waals surface area contributed by atoms with E-state index in [0.29, 0.717) is 6.10 Å². The zero-order valence-electron chi connectivity index (χ0n) is 7.95. The van der Waals surface area contributed by atoms with E-state index in [4.69, 9.17) is 9.32 Å². The van der Waals surface area contributed by atoms with Crippen LogP contribution in [0.25, 0.3) is 0 Å². The molecule has 3 heteroatoms. The van der Waals surface area contributed by atoms with Crippen molar-refractivity contribution < 1.29 is 4.18 Å². The summed E-state index contributed by atoms with van der Waals surface area (Å²) in [6, 6.07) is 0. The molecule has 2 N–H and O–H groups in total. The van der Waals surface area contributed by atoms with Crippen LogP contribution in [-0.4, -0.2) is 6.10 Å². The number of nitrogens with two attached hydrogens (primary N) is 1. The van der Waals surface area contributed by atoms with E-state index >= 15 is 0 Å². The summed E-state index contributed by atoms with van der Waals surface area (Å²) < 4.78 is 5.31. The Morgan fingerprint density at radius 2 is 1.83 bits per heavy atom. The van der Waals surface area contributed by atoms with Gasteiger partial charge < -0.3 is 0 Å². The Bertz CT molecular complexity index is 122. The minimum absolute atomic E-state index is 0.412. The van der Waals surface area contributed by atoms with Gasteiger partial charge in [0.2, 0.25) is 0 Å². The van der Waals surface area contributed by atoms with Crippen molar-refractivity contribution in [3.05, 3.63) is 0 Å². The van der Waals surface area contributed by atoms with Crippen LogP contribution in [0.1, 0.15) is 39.5 Å². The Morgan fingerprint density at radius 1 is 1.25 bits per heavy atom. The maximum absolute atomic E-state index is 5.31.